The number of amides is 1. The van der Waals surface area contributed by atoms with Gasteiger partial charge >= 0.3 is 6.09 Å². The van der Waals surface area contributed by atoms with Gasteiger partial charge < -0.3 is 4.74 Å². The van der Waals surface area contributed by atoms with Crippen molar-refractivity contribution in [2.75, 3.05) is 0 Å². The van der Waals surface area contributed by atoms with Crippen LogP contribution in [0.1, 0.15) is 33.6 Å². The summed E-state index contributed by atoms with van der Waals surface area (Å²) in [6.07, 6.45) is 7.11. The first kappa shape index (κ1) is 13.9. The quantitative estimate of drug-likeness (QED) is 0.506. The molecule has 128 valence electrons. The maximum Gasteiger partial charge on any atom is 0.410 e. The van der Waals surface area contributed by atoms with Crippen molar-refractivity contribution >= 4 is 6.09 Å². The van der Waals surface area contributed by atoms with Gasteiger partial charge in [-0.1, -0.05) is 12.2 Å². The van der Waals surface area contributed by atoms with Crippen LogP contribution in [-0.4, -0.2) is 40.8 Å². The highest BCUT2D eigenvalue weighted by molar-refractivity contribution is 5.73. The average molecular weight is 327 g/mol. The minimum atomic E-state index is -0.411. The van der Waals surface area contributed by atoms with E-state index in [0.717, 1.165) is 0 Å². The lowest BCUT2D eigenvalue weighted by Crippen LogP contribution is -2.55. The van der Waals surface area contributed by atoms with Crippen LogP contribution >= 0.6 is 0 Å². The molecule has 0 radical (unpaired) electrons. The Bertz CT molecular complexity index is 681. The Balaban J connectivity index is 1.30. The maximum atomic E-state index is 12.6. The molecule has 7 aliphatic rings. The number of hydrogen-bond acceptors (Lipinski definition) is 4. The van der Waals surface area contributed by atoms with Crippen LogP contribution in [0.25, 0.3) is 0 Å². The Morgan fingerprint density at radius 2 is 1.75 bits per heavy atom. The molecule has 10 atom stereocenters. The Hall–Kier alpha value is -1.39. The first-order valence-corrected chi connectivity index (χ1v) is 9.54. The second-order valence-corrected chi connectivity index (χ2v) is 9.70. The topological polar surface area (TPSA) is 54.0 Å². The fourth-order valence-corrected chi connectivity index (χ4v) is 7.08. The molecule has 0 unspecified atom stereocenters. The lowest BCUT2D eigenvalue weighted by atomic mass is 9.58. The molecule has 3 heterocycles. The monoisotopic (exact) mass is 327 g/mol. The van der Waals surface area contributed by atoms with Gasteiger partial charge in [-0.3, -0.25) is 4.90 Å². The first-order valence-electron chi connectivity index (χ1n) is 9.54. The van der Waals surface area contributed by atoms with Crippen molar-refractivity contribution in [1.29, 1.82) is 0 Å². The molecule has 5 heteroatoms. The number of nitrogens with zero attached hydrogens (tertiary/aromatic N) is 3. The Morgan fingerprint density at radius 3 is 2.46 bits per heavy atom. The fraction of sp³-hybridized carbons (Fsp3) is 0.842. The molecule has 3 aliphatic heterocycles. The number of azo groups is 1. The van der Waals surface area contributed by atoms with E-state index in [2.05, 4.69) is 12.2 Å². The molecule has 0 aromatic rings. The van der Waals surface area contributed by atoms with Gasteiger partial charge in [0.25, 0.3) is 0 Å². The Kier molecular flexibility index (Phi) is 2.34. The first-order chi connectivity index (χ1) is 11.5. The van der Waals surface area contributed by atoms with Crippen LogP contribution in [0.15, 0.2) is 22.4 Å². The van der Waals surface area contributed by atoms with Crippen molar-refractivity contribution in [3.05, 3.63) is 12.2 Å². The van der Waals surface area contributed by atoms with E-state index in [1.807, 2.05) is 25.7 Å². The maximum absolute atomic E-state index is 12.6. The third kappa shape index (κ3) is 1.50. The van der Waals surface area contributed by atoms with E-state index in [-0.39, 0.29) is 6.09 Å². The number of likely N-dealkylation sites (tertiary alicyclic amines) is 1. The summed E-state index contributed by atoms with van der Waals surface area (Å²) in [7, 11) is 0. The summed E-state index contributed by atoms with van der Waals surface area (Å²) in [5.41, 5.74) is -0.411. The standard InChI is InChI=1S/C19H25N3O2/c1-19(2,3)24-18(23)22-16-10-7-11(17(16)22)13-12(10)14-8-5-4-6-9(8)15(13)21-20-14/h4-5,8-17H,6-7H2,1-3H3/t8-,9+,10+,11-,12+,13-,14-,15+,16+,17-,22?/m0/s1. The molecule has 1 saturated heterocycles. The number of ether oxygens (including phenoxy) is 1. The van der Waals surface area contributed by atoms with Gasteiger partial charge in [0.1, 0.15) is 5.60 Å². The number of hydrogen-bond donors (Lipinski definition) is 0. The van der Waals surface area contributed by atoms with Gasteiger partial charge in [0.05, 0.1) is 24.2 Å². The van der Waals surface area contributed by atoms with Gasteiger partial charge in [-0.25, -0.2) is 4.79 Å². The van der Waals surface area contributed by atoms with E-state index in [0.29, 0.717) is 59.7 Å². The molecule has 0 aromatic carbocycles. The fourth-order valence-electron chi connectivity index (χ4n) is 7.08. The van der Waals surface area contributed by atoms with Gasteiger partial charge in [-0.15, -0.1) is 0 Å². The second kappa shape index (κ2) is 4.05. The lowest BCUT2D eigenvalue weighted by Gasteiger charge is -2.50. The summed E-state index contributed by atoms with van der Waals surface area (Å²) in [6.45, 7) is 5.85. The van der Waals surface area contributed by atoms with Gasteiger partial charge in [0.15, 0.2) is 0 Å². The van der Waals surface area contributed by atoms with Crippen LogP contribution < -0.4 is 0 Å². The summed E-state index contributed by atoms with van der Waals surface area (Å²) in [6, 6.07) is 1.62. The number of rotatable bonds is 0. The lowest BCUT2D eigenvalue weighted by molar-refractivity contribution is 0.0272. The van der Waals surface area contributed by atoms with Crippen molar-refractivity contribution in [2.45, 2.75) is 63.4 Å². The van der Waals surface area contributed by atoms with Gasteiger partial charge in [-0.05, 0) is 63.2 Å². The van der Waals surface area contributed by atoms with E-state index in [9.17, 15) is 4.79 Å². The van der Waals surface area contributed by atoms with Gasteiger partial charge in [0.2, 0.25) is 0 Å². The number of carbonyl (C=O) groups excluding carboxylic acids is 1. The van der Waals surface area contributed by atoms with Crippen molar-refractivity contribution in [1.82, 2.24) is 4.90 Å². The molecule has 0 N–H and O–H groups in total. The van der Waals surface area contributed by atoms with Crippen LogP contribution in [0.2, 0.25) is 0 Å². The molecule has 24 heavy (non-hydrogen) atoms. The number of piperidine rings is 1. The smallest absolute Gasteiger partial charge is 0.410 e. The van der Waals surface area contributed by atoms with E-state index in [4.69, 9.17) is 15.0 Å². The molecule has 1 amide bonds. The summed E-state index contributed by atoms with van der Waals surface area (Å²) < 4.78 is 5.65. The van der Waals surface area contributed by atoms with E-state index in [1.54, 1.807) is 0 Å². The highest BCUT2D eigenvalue weighted by atomic mass is 16.6. The predicted octanol–water partition coefficient (Wildman–Crippen LogP) is 3.27. The van der Waals surface area contributed by atoms with Gasteiger partial charge in [0, 0.05) is 5.92 Å². The van der Waals surface area contributed by atoms with Crippen LogP contribution in [0.4, 0.5) is 4.79 Å². The number of carbonyl (C=O) groups is 1. The molecule has 0 aromatic heterocycles. The second-order valence-electron chi connectivity index (χ2n) is 9.70. The Morgan fingerprint density at radius 1 is 1.08 bits per heavy atom. The molecule has 0 spiro atoms. The molecule has 4 fully saturated rings. The molecule has 5 nitrogen and oxygen atoms in total. The normalized spacial score (nSPS) is 54.7. The van der Waals surface area contributed by atoms with E-state index >= 15 is 0 Å². The molecule has 7 rings (SSSR count). The zero-order chi connectivity index (χ0) is 16.4. The largest absolute Gasteiger partial charge is 0.444 e. The zero-order valence-electron chi connectivity index (χ0n) is 14.5. The molecule has 4 bridgehead atoms. The van der Waals surface area contributed by atoms with Crippen LogP contribution in [0, 0.1) is 35.5 Å². The van der Waals surface area contributed by atoms with Crippen molar-refractivity contribution in [3.8, 4) is 0 Å². The van der Waals surface area contributed by atoms with Crippen molar-refractivity contribution < 1.29 is 9.53 Å². The van der Waals surface area contributed by atoms with Crippen molar-refractivity contribution in [2.24, 2.45) is 45.7 Å². The molecular formula is C19H25N3O2. The summed E-state index contributed by atoms with van der Waals surface area (Å²) >= 11 is 0. The molecule has 4 aliphatic carbocycles. The summed E-state index contributed by atoms with van der Waals surface area (Å²) in [5, 5.41) is 9.46. The zero-order valence-corrected chi connectivity index (χ0v) is 14.5. The van der Waals surface area contributed by atoms with E-state index < -0.39 is 5.60 Å². The van der Waals surface area contributed by atoms with Crippen LogP contribution in [0.3, 0.4) is 0 Å². The Labute approximate surface area is 142 Å². The third-order valence-electron chi connectivity index (χ3n) is 7.58. The summed E-state index contributed by atoms with van der Waals surface area (Å²) in [4.78, 5) is 14.6. The van der Waals surface area contributed by atoms with Crippen molar-refractivity contribution in [3.63, 3.8) is 0 Å². The predicted molar refractivity (Wildman–Crippen MR) is 87.4 cm³/mol. The SMILES string of the molecule is CC(C)(C)OC(=O)N1[C@@H]2[C@@H]3C[C@@H]([C@@H]4[C@@H]5N=N[C@@H]([C@H]6C=CC[C@H]65)[C@H]34)[C@@H]21. The number of allylic oxidation sites excluding steroid dienone is 1. The minimum absolute atomic E-state index is 0.104. The van der Waals surface area contributed by atoms with E-state index in [1.165, 1.54) is 12.8 Å². The molecular weight excluding hydrogens is 302 g/mol. The highest BCUT2D eigenvalue weighted by Gasteiger charge is 2.77. The third-order valence-corrected chi connectivity index (χ3v) is 7.58. The van der Waals surface area contributed by atoms with Gasteiger partial charge in [-0.2, -0.15) is 10.2 Å². The summed E-state index contributed by atoms with van der Waals surface area (Å²) in [5.74, 6) is 3.85. The highest BCUT2D eigenvalue weighted by Crippen LogP contribution is 2.70. The minimum Gasteiger partial charge on any atom is -0.444 e. The molecule has 3 saturated carbocycles. The van der Waals surface area contributed by atoms with Crippen LogP contribution in [0.5, 0.6) is 0 Å². The average Bonchev–Trinajstić information content (AvgIpc) is 2.91. The van der Waals surface area contributed by atoms with Crippen LogP contribution in [-0.2, 0) is 4.74 Å². The number of fused-ring (bicyclic) bond motifs is 5.